The predicted molar refractivity (Wildman–Crippen MR) is 73.2 cm³/mol. The van der Waals surface area contributed by atoms with E-state index in [0.29, 0.717) is 18.4 Å². The van der Waals surface area contributed by atoms with Crippen LogP contribution < -0.4 is 4.74 Å². The molecule has 5 nitrogen and oxygen atoms in total. The number of halogens is 1. The van der Waals surface area contributed by atoms with E-state index < -0.39 is 5.97 Å². The van der Waals surface area contributed by atoms with Gasteiger partial charge in [0.15, 0.2) is 0 Å². The highest BCUT2D eigenvalue weighted by Gasteiger charge is 2.25. The van der Waals surface area contributed by atoms with Crippen LogP contribution in [0, 0.1) is 0 Å². The lowest BCUT2D eigenvalue weighted by Crippen LogP contribution is -2.04. The van der Waals surface area contributed by atoms with E-state index in [0.717, 1.165) is 5.69 Å². The van der Waals surface area contributed by atoms with Crippen molar-refractivity contribution in [1.82, 2.24) is 9.55 Å². The Kier molecular flexibility index (Phi) is 3.36. The summed E-state index contributed by atoms with van der Waals surface area (Å²) < 4.78 is 7.74. The molecule has 1 fully saturated rings. The van der Waals surface area contributed by atoms with E-state index in [1.54, 1.807) is 18.6 Å². The van der Waals surface area contributed by atoms with Gasteiger partial charge in [-0.2, -0.15) is 0 Å². The molecule has 1 heterocycles. The Morgan fingerprint density at radius 3 is 3.00 bits per heavy atom. The van der Waals surface area contributed by atoms with Gasteiger partial charge in [0, 0.05) is 6.04 Å². The van der Waals surface area contributed by atoms with Crippen LogP contribution in [0.3, 0.4) is 0 Å². The van der Waals surface area contributed by atoms with Gasteiger partial charge in [-0.25, -0.2) is 9.78 Å². The van der Waals surface area contributed by atoms with Gasteiger partial charge in [0.25, 0.3) is 0 Å². The second kappa shape index (κ2) is 5.17. The van der Waals surface area contributed by atoms with Crippen LogP contribution in [0.5, 0.6) is 5.75 Å². The van der Waals surface area contributed by atoms with Crippen molar-refractivity contribution in [3.05, 3.63) is 47.0 Å². The summed E-state index contributed by atoms with van der Waals surface area (Å²) >= 11 is 5.82. The number of benzene rings is 1. The molecule has 1 aromatic heterocycles. The topological polar surface area (TPSA) is 64.3 Å². The molecular weight excluding hydrogens is 280 g/mol. The Labute approximate surface area is 120 Å². The fourth-order valence-electron chi connectivity index (χ4n) is 2.04. The molecule has 1 saturated carbocycles. The van der Waals surface area contributed by atoms with Gasteiger partial charge < -0.3 is 14.4 Å². The van der Waals surface area contributed by atoms with Gasteiger partial charge in [-0.1, -0.05) is 11.6 Å². The lowest BCUT2D eigenvalue weighted by molar-refractivity contribution is 0.0696. The van der Waals surface area contributed by atoms with Crippen molar-refractivity contribution in [2.75, 3.05) is 0 Å². The van der Waals surface area contributed by atoms with Gasteiger partial charge >= 0.3 is 5.97 Å². The van der Waals surface area contributed by atoms with Crippen molar-refractivity contribution in [3.8, 4) is 5.75 Å². The second-order valence-corrected chi connectivity index (χ2v) is 5.17. The Balaban J connectivity index is 1.73. The minimum absolute atomic E-state index is 0.0415. The first-order chi connectivity index (χ1) is 9.65. The van der Waals surface area contributed by atoms with Gasteiger partial charge in [-0.05, 0) is 31.0 Å². The van der Waals surface area contributed by atoms with E-state index in [9.17, 15) is 4.79 Å². The molecule has 0 saturated heterocycles. The maximum Gasteiger partial charge on any atom is 0.337 e. The summed E-state index contributed by atoms with van der Waals surface area (Å²) in [5.74, 6) is -0.584. The molecule has 1 aromatic carbocycles. The molecule has 104 valence electrons. The fourth-order valence-corrected chi connectivity index (χ4v) is 2.24. The largest absolute Gasteiger partial charge is 0.487 e. The molecule has 0 aliphatic heterocycles. The summed E-state index contributed by atoms with van der Waals surface area (Å²) in [5.41, 5.74) is 1.03. The molecule has 0 amide bonds. The van der Waals surface area contributed by atoms with E-state index in [1.165, 1.54) is 25.0 Å². The lowest BCUT2D eigenvalue weighted by Gasteiger charge is -2.09. The number of carboxylic acid groups (broad SMARTS) is 1. The molecule has 1 aliphatic rings. The van der Waals surface area contributed by atoms with Crippen molar-refractivity contribution in [2.24, 2.45) is 0 Å². The maximum absolute atomic E-state index is 11.0. The van der Waals surface area contributed by atoms with E-state index in [1.807, 2.05) is 0 Å². The molecule has 0 spiro atoms. The standard InChI is InChI=1S/C14H13ClN2O3/c15-13-4-3-11(5-12(13)14(18)19)20-7-10-6-16-8-17(10)9-1-2-9/h3-6,8-9H,1-2,7H2,(H,18,19). The van der Waals surface area contributed by atoms with Crippen LogP contribution in [-0.4, -0.2) is 20.6 Å². The number of carbonyl (C=O) groups is 1. The molecule has 3 rings (SSSR count). The highest BCUT2D eigenvalue weighted by atomic mass is 35.5. The first-order valence-corrected chi connectivity index (χ1v) is 6.69. The van der Waals surface area contributed by atoms with Crippen LogP contribution >= 0.6 is 11.6 Å². The average molecular weight is 293 g/mol. The quantitative estimate of drug-likeness (QED) is 0.919. The van der Waals surface area contributed by atoms with Crippen LogP contribution in [-0.2, 0) is 6.61 Å². The summed E-state index contributed by atoms with van der Waals surface area (Å²) in [7, 11) is 0. The second-order valence-electron chi connectivity index (χ2n) is 4.76. The van der Waals surface area contributed by atoms with Gasteiger partial charge in [0.2, 0.25) is 0 Å². The Bertz CT molecular complexity index is 650. The van der Waals surface area contributed by atoms with Gasteiger partial charge in [-0.15, -0.1) is 0 Å². The zero-order valence-corrected chi connectivity index (χ0v) is 11.4. The Morgan fingerprint density at radius 2 is 2.30 bits per heavy atom. The molecule has 20 heavy (non-hydrogen) atoms. The smallest absolute Gasteiger partial charge is 0.337 e. The highest BCUT2D eigenvalue weighted by molar-refractivity contribution is 6.33. The minimum Gasteiger partial charge on any atom is -0.487 e. The molecule has 0 unspecified atom stereocenters. The zero-order valence-electron chi connectivity index (χ0n) is 10.6. The number of ether oxygens (including phenoxy) is 1. The third kappa shape index (κ3) is 2.63. The number of carboxylic acids is 1. The monoisotopic (exact) mass is 292 g/mol. The number of hydrogen-bond acceptors (Lipinski definition) is 3. The van der Waals surface area contributed by atoms with Crippen LogP contribution in [0.15, 0.2) is 30.7 Å². The number of imidazole rings is 1. The van der Waals surface area contributed by atoms with Crippen LogP contribution in [0.1, 0.15) is 34.9 Å². The normalized spacial score (nSPS) is 14.2. The summed E-state index contributed by atoms with van der Waals surface area (Å²) in [5, 5.41) is 9.22. The number of aromatic carboxylic acids is 1. The van der Waals surface area contributed by atoms with E-state index in [2.05, 4.69) is 9.55 Å². The van der Waals surface area contributed by atoms with Gasteiger partial charge in [0.05, 0.1) is 28.8 Å². The van der Waals surface area contributed by atoms with E-state index >= 15 is 0 Å². The van der Waals surface area contributed by atoms with Crippen molar-refractivity contribution in [1.29, 1.82) is 0 Å². The number of aromatic nitrogens is 2. The highest BCUT2D eigenvalue weighted by Crippen LogP contribution is 2.35. The third-order valence-electron chi connectivity index (χ3n) is 3.24. The molecule has 1 N–H and O–H groups in total. The van der Waals surface area contributed by atoms with Crippen molar-refractivity contribution in [2.45, 2.75) is 25.5 Å². The van der Waals surface area contributed by atoms with Gasteiger partial charge in [0.1, 0.15) is 12.4 Å². The lowest BCUT2D eigenvalue weighted by atomic mass is 10.2. The zero-order chi connectivity index (χ0) is 14.1. The summed E-state index contributed by atoms with van der Waals surface area (Å²) in [6.07, 6.45) is 5.92. The predicted octanol–water partition coefficient (Wildman–Crippen LogP) is 3.15. The first-order valence-electron chi connectivity index (χ1n) is 6.31. The fraction of sp³-hybridized carbons (Fsp3) is 0.286. The molecule has 0 bridgehead atoms. The Hall–Kier alpha value is -2.01. The number of hydrogen-bond donors (Lipinski definition) is 1. The molecule has 1 aliphatic carbocycles. The Morgan fingerprint density at radius 1 is 1.50 bits per heavy atom. The van der Waals surface area contributed by atoms with Crippen molar-refractivity contribution in [3.63, 3.8) is 0 Å². The maximum atomic E-state index is 11.0. The van der Waals surface area contributed by atoms with Crippen LogP contribution in [0.25, 0.3) is 0 Å². The molecular formula is C14H13ClN2O3. The van der Waals surface area contributed by atoms with Gasteiger partial charge in [-0.3, -0.25) is 0 Å². The number of rotatable bonds is 5. The number of nitrogens with zero attached hydrogens (tertiary/aromatic N) is 2. The van der Waals surface area contributed by atoms with Crippen LogP contribution in [0.4, 0.5) is 0 Å². The van der Waals surface area contributed by atoms with E-state index in [-0.39, 0.29) is 10.6 Å². The van der Waals surface area contributed by atoms with E-state index in [4.69, 9.17) is 21.4 Å². The minimum atomic E-state index is -1.07. The average Bonchev–Trinajstić information content (AvgIpc) is 3.16. The third-order valence-corrected chi connectivity index (χ3v) is 3.57. The summed E-state index contributed by atoms with van der Waals surface area (Å²) in [6, 6.07) is 5.16. The molecule has 6 heteroatoms. The summed E-state index contributed by atoms with van der Waals surface area (Å²) in [6.45, 7) is 0.358. The SMILES string of the molecule is O=C(O)c1cc(OCc2cncn2C2CC2)ccc1Cl. The van der Waals surface area contributed by atoms with Crippen molar-refractivity contribution >= 4 is 17.6 Å². The molecule has 0 atom stereocenters. The molecule has 0 radical (unpaired) electrons. The van der Waals surface area contributed by atoms with Crippen LogP contribution in [0.2, 0.25) is 5.02 Å². The first kappa shape index (κ1) is 13.0. The van der Waals surface area contributed by atoms with Crippen molar-refractivity contribution < 1.29 is 14.6 Å². The molecule has 2 aromatic rings. The summed E-state index contributed by atoms with van der Waals surface area (Å²) in [4.78, 5) is 15.1.